The summed E-state index contributed by atoms with van der Waals surface area (Å²) in [6.07, 6.45) is 1.53. The Kier molecular flexibility index (Phi) is 3.43. The number of methoxy groups -OCH3 is 1. The van der Waals surface area contributed by atoms with Gasteiger partial charge in [0.05, 0.1) is 17.8 Å². The number of amides is 1. The zero-order chi connectivity index (χ0) is 12.3. The molecule has 0 aliphatic heterocycles. The molecule has 0 saturated heterocycles. The van der Waals surface area contributed by atoms with Crippen LogP contribution in [0.4, 0.5) is 5.69 Å². The van der Waals surface area contributed by atoms with Gasteiger partial charge in [-0.25, -0.2) is 0 Å². The van der Waals surface area contributed by atoms with Gasteiger partial charge in [-0.1, -0.05) is 0 Å². The molecule has 0 atom stereocenters. The molecule has 88 valence electrons. The van der Waals surface area contributed by atoms with Gasteiger partial charge in [-0.05, 0) is 40.2 Å². The Bertz CT molecular complexity index is 522. The summed E-state index contributed by atoms with van der Waals surface area (Å²) in [6, 6.07) is 7.08. The van der Waals surface area contributed by atoms with Gasteiger partial charge in [-0.2, -0.15) is 5.10 Å². The molecule has 1 amide bonds. The highest BCUT2D eigenvalue weighted by molar-refractivity contribution is 9.10. The average molecular weight is 296 g/mol. The van der Waals surface area contributed by atoms with Crippen molar-refractivity contribution in [1.29, 1.82) is 0 Å². The first kappa shape index (κ1) is 11.7. The van der Waals surface area contributed by atoms with E-state index in [0.717, 1.165) is 5.75 Å². The third-order valence-corrected chi connectivity index (χ3v) is 2.77. The van der Waals surface area contributed by atoms with E-state index < -0.39 is 0 Å². The molecule has 0 bridgehead atoms. The first-order chi connectivity index (χ1) is 8.20. The molecule has 0 spiro atoms. The molecule has 0 fully saturated rings. The highest BCUT2D eigenvalue weighted by atomic mass is 79.9. The largest absolute Gasteiger partial charge is 0.497 e. The number of H-pyrrole nitrogens is 1. The molecule has 0 saturated carbocycles. The lowest BCUT2D eigenvalue weighted by molar-refractivity contribution is 0.102. The molecule has 2 aromatic rings. The summed E-state index contributed by atoms with van der Waals surface area (Å²) < 4.78 is 5.66. The van der Waals surface area contributed by atoms with Crippen LogP contribution in [-0.4, -0.2) is 23.2 Å². The smallest absolute Gasteiger partial charge is 0.274 e. The number of halogens is 1. The van der Waals surface area contributed by atoms with Crippen LogP contribution in [0, 0.1) is 0 Å². The number of hydrogen-bond donors (Lipinski definition) is 2. The lowest BCUT2D eigenvalue weighted by Crippen LogP contribution is -2.12. The minimum absolute atomic E-state index is 0.250. The molecule has 17 heavy (non-hydrogen) atoms. The monoisotopic (exact) mass is 295 g/mol. The standard InChI is InChI=1S/C11H10BrN3O2/c1-17-8-4-2-7(3-5-8)14-11(16)10-9(12)6-13-15-10/h2-6H,1H3,(H,13,15)(H,14,16). The fourth-order valence-electron chi connectivity index (χ4n) is 1.30. The normalized spacial score (nSPS) is 10.0. The van der Waals surface area contributed by atoms with Gasteiger partial charge in [-0.3, -0.25) is 9.89 Å². The SMILES string of the molecule is COc1ccc(NC(=O)c2[nH]ncc2Br)cc1. The van der Waals surface area contributed by atoms with E-state index >= 15 is 0 Å². The van der Waals surface area contributed by atoms with Crippen LogP contribution in [0.2, 0.25) is 0 Å². The van der Waals surface area contributed by atoms with Crippen molar-refractivity contribution in [1.82, 2.24) is 10.2 Å². The highest BCUT2D eigenvalue weighted by Gasteiger charge is 2.11. The molecule has 2 N–H and O–H groups in total. The lowest BCUT2D eigenvalue weighted by Gasteiger charge is -2.05. The maximum atomic E-state index is 11.8. The summed E-state index contributed by atoms with van der Waals surface area (Å²) in [5, 5.41) is 9.11. The predicted molar refractivity (Wildman–Crippen MR) is 67.2 cm³/mol. The van der Waals surface area contributed by atoms with Crippen LogP contribution in [0.25, 0.3) is 0 Å². The van der Waals surface area contributed by atoms with Crippen molar-refractivity contribution >= 4 is 27.5 Å². The van der Waals surface area contributed by atoms with Crippen molar-refractivity contribution in [3.63, 3.8) is 0 Å². The quantitative estimate of drug-likeness (QED) is 0.914. The molecule has 0 unspecified atom stereocenters. The molecule has 6 heteroatoms. The number of aromatic amines is 1. The Balaban J connectivity index is 2.10. The van der Waals surface area contributed by atoms with Crippen molar-refractivity contribution in [3.8, 4) is 5.75 Å². The Morgan fingerprint density at radius 1 is 1.41 bits per heavy atom. The van der Waals surface area contributed by atoms with Crippen molar-refractivity contribution in [2.45, 2.75) is 0 Å². The van der Waals surface area contributed by atoms with E-state index in [2.05, 4.69) is 31.4 Å². The Morgan fingerprint density at radius 3 is 2.65 bits per heavy atom. The molecule has 1 heterocycles. The Hall–Kier alpha value is -1.82. The van der Waals surface area contributed by atoms with Crippen molar-refractivity contribution < 1.29 is 9.53 Å². The summed E-state index contributed by atoms with van der Waals surface area (Å²) in [5.74, 6) is 0.491. The van der Waals surface area contributed by atoms with Gasteiger partial charge in [0.15, 0.2) is 0 Å². The van der Waals surface area contributed by atoms with Crippen LogP contribution >= 0.6 is 15.9 Å². The number of carbonyl (C=O) groups is 1. The van der Waals surface area contributed by atoms with E-state index in [1.807, 2.05) is 0 Å². The topological polar surface area (TPSA) is 67.0 Å². The summed E-state index contributed by atoms with van der Waals surface area (Å²) in [7, 11) is 1.59. The second kappa shape index (κ2) is 5.01. The highest BCUT2D eigenvalue weighted by Crippen LogP contribution is 2.17. The average Bonchev–Trinajstić information content (AvgIpc) is 2.76. The molecule has 5 nitrogen and oxygen atoms in total. The van der Waals surface area contributed by atoms with Crippen LogP contribution in [0.15, 0.2) is 34.9 Å². The maximum Gasteiger partial charge on any atom is 0.274 e. The van der Waals surface area contributed by atoms with Crippen LogP contribution in [-0.2, 0) is 0 Å². The zero-order valence-corrected chi connectivity index (χ0v) is 10.6. The van der Waals surface area contributed by atoms with E-state index in [1.54, 1.807) is 31.4 Å². The van der Waals surface area contributed by atoms with Crippen LogP contribution in [0.1, 0.15) is 10.5 Å². The number of hydrogen-bond acceptors (Lipinski definition) is 3. The summed E-state index contributed by atoms with van der Waals surface area (Å²) in [5.41, 5.74) is 1.08. The van der Waals surface area contributed by atoms with Crippen molar-refractivity contribution in [3.05, 3.63) is 40.6 Å². The third kappa shape index (κ3) is 2.65. The summed E-state index contributed by atoms with van der Waals surface area (Å²) in [6.45, 7) is 0. The van der Waals surface area contributed by atoms with Gasteiger partial charge < -0.3 is 10.1 Å². The lowest BCUT2D eigenvalue weighted by atomic mass is 10.3. The van der Waals surface area contributed by atoms with E-state index in [4.69, 9.17) is 4.74 Å². The molecule has 2 rings (SSSR count). The molecule has 0 aliphatic rings. The van der Waals surface area contributed by atoms with Gasteiger partial charge in [0, 0.05) is 5.69 Å². The summed E-state index contributed by atoms with van der Waals surface area (Å²) in [4.78, 5) is 11.8. The Morgan fingerprint density at radius 2 is 2.12 bits per heavy atom. The maximum absolute atomic E-state index is 11.8. The number of nitrogens with one attached hydrogen (secondary N) is 2. The minimum atomic E-state index is -0.250. The van der Waals surface area contributed by atoms with Crippen LogP contribution in [0.5, 0.6) is 5.75 Å². The van der Waals surface area contributed by atoms with Crippen molar-refractivity contribution in [2.24, 2.45) is 0 Å². The van der Waals surface area contributed by atoms with Gasteiger partial charge in [-0.15, -0.1) is 0 Å². The van der Waals surface area contributed by atoms with E-state index in [0.29, 0.717) is 15.9 Å². The number of carbonyl (C=O) groups excluding carboxylic acids is 1. The minimum Gasteiger partial charge on any atom is -0.497 e. The number of anilines is 1. The molecule has 0 radical (unpaired) electrons. The number of rotatable bonds is 3. The number of aromatic nitrogens is 2. The Labute approximate surface area is 106 Å². The molecular formula is C11H10BrN3O2. The molecule has 1 aromatic carbocycles. The van der Waals surface area contributed by atoms with Gasteiger partial charge in [0.2, 0.25) is 0 Å². The first-order valence-corrected chi connectivity index (χ1v) is 5.64. The van der Waals surface area contributed by atoms with Gasteiger partial charge in [0.1, 0.15) is 11.4 Å². The van der Waals surface area contributed by atoms with E-state index in [9.17, 15) is 4.79 Å². The molecule has 0 aliphatic carbocycles. The van der Waals surface area contributed by atoms with Gasteiger partial charge in [0.25, 0.3) is 5.91 Å². The molecular weight excluding hydrogens is 286 g/mol. The zero-order valence-electron chi connectivity index (χ0n) is 9.03. The number of benzene rings is 1. The van der Waals surface area contributed by atoms with Gasteiger partial charge >= 0.3 is 0 Å². The fourth-order valence-corrected chi connectivity index (χ4v) is 1.67. The number of ether oxygens (including phenoxy) is 1. The summed E-state index contributed by atoms with van der Waals surface area (Å²) >= 11 is 3.23. The fraction of sp³-hybridized carbons (Fsp3) is 0.0909. The second-order valence-corrected chi connectivity index (χ2v) is 4.13. The van der Waals surface area contributed by atoms with E-state index in [1.165, 1.54) is 6.20 Å². The molecule has 1 aromatic heterocycles. The first-order valence-electron chi connectivity index (χ1n) is 4.85. The number of nitrogens with zero attached hydrogens (tertiary/aromatic N) is 1. The van der Waals surface area contributed by atoms with Crippen LogP contribution < -0.4 is 10.1 Å². The third-order valence-electron chi connectivity index (χ3n) is 2.17. The van der Waals surface area contributed by atoms with Crippen molar-refractivity contribution in [2.75, 3.05) is 12.4 Å². The predicted octanol–water partition coefficient (Wildman–Crippen LogP) is 2.43. The van der Waals surface area contributed by atoms with Crippen LogP contribution in [0.3, 0.4) is 0 Å². The second-order valence-electron chi connectivity index (χ2n) is 3.28. The van der Waals surface area contributed by atoms with E-state index in [-0.39, 0.29) is 5.91 Å².